The molecule has 0 aliphatic carbocycles. The fourth-order valence-corrected chi connectivity index (χ4v) is 1.71. The van der Waals surface area contributed by atoms with E-state index in [-0.39, 0.29) is 18.8 Å². The van der Waals surface area contributed by atoms with Crippen LogP contribution in [0.3, 0.4) is 0 Å². The lowest BCUT2D eigenvalue weighted by Gasteiger charge is -2.06. The number of rotatable bonds is 5. The van der Waals surface area contributed by atoms with Crippen LogP contribution in [0.2, 0.25) is 0 Å². The monoisotopic (exact) mass is 306 g/mol. The number of hydrogen-bond acceptors (Lipinski definition) is 1. The quantitative estimate of drug-likeness (QED) is 0.549. The summed E-state index contributed by atoms with van der Waals surface area (Å²) in [6.07, 6.45) is 2.28. The standard InChI is InChI=1S/C16H18O.4FH/c1-2-3-13-17-16-11-9-15(10-12-16)14-7-5-4-6-8-14;;;;/h4-12H,2-3,13H2,1H3;4*1H. The lowest BCUT2D eigenvalue weighted by atomic mass is 10.1. The third-order valence-electron chi connectivity index (χ3n) is 2.73. The Morgan fingerprint density at radius 2 is 1.24 bits per heavy atom. The Morgan fingerprint density at radius 3 is 1.76 bits per heavy atom. The van der Waals surface area contributed by atoms with E-state index in [2.05, 4.69) is 43.3 Å². The van der Waals surface area contributed by atoms with Crippen LogP contribution < -0.4 is 4.74 Å². The number of ether oxygens (including phenoxy) is 1. The van der Waals surface area contributed by atoms with Gasteiger partial charge in [-0.15, -0.1) is 0 Å². The maximum atomic E-state index is 5.64. The lowest BCUT2D eigenvalue weighted by molar-refractivity contribution is 0.309. The third kappa shape index (κ3) is 7.34. The van der Waals surface area contributed by atoms with E-state index in [4.69, 9.17) is 4.74 Å². The van der Waals surface area contributed by atoms with Gasteiger partial charge < -0.3 is 4.74 Å². The average molecular weight is 306 g/mol. The van der Waals surface area contributed by atoms with Crippen LogP contribution in [0.1, 0.15) is 19.8 Å². The van der Waals surface area contributed by atoms with E-state index in [1.165, 1.54) is 17.5 Å². The average Bonchev–Trinajstić information content (AvgIpc) is 2.41. The van der Waals surface area contributed by atoms with E-state index in [0.29, 0.717) is 0 Å². The molecule has 0 saturated carbocycles. The maximum absolute atomic E-state index is 5.64. The van der Waals surface area contributed by atoms with Gasteiger partial charge in [-0.1, -0.05) is 55.8 Å². The smallest absolute Gasteiger partial charge is 0.119 e. The first-order valence-electron chi connectivity index (χ1n) is 6.18. The van der Waals surface area contributed by atoms with Gasteiger partial charge in [0, 0.05) is 0 Å². The summed E-state index contributed by atoms with van der Waals surface area (Å²) in [4.78, 5) is 0. The highest BCUT2D eigenvalue weighted by molar-refractivity contribution is 5.63. The fraction of sp³-hybridized carbons (Fsp3) is 0.250. The highest BCUT2D eigenvalue weighted by Crippen LogP contribution is 2.22. The molecule has 0 aromatic heterocycles. The Kier molecular flexibility index (Phi) is 14.8. The zero-order chi connectivity index (χ0) is 11.9. The summed E-state index contributed by atoms with van der Waals surface area (Å²) < 4.78 is 5.64. The molecular weight excluding hydrogens is 284 g/mol. The van der Waals surface area contributed by atoms with Gasteiger partial charge in [-0.2, -0.15) is 0 Å². The highest BCUT2D eigenvalue weighted by Gasteiger charge is 1.97. The van der Waals surface area contributed by atoms with Crippen LogP contribution in [0.5, 0.6) is 5.75 Å². The molecule has 0 amide bonds. The number of hydrogen-bond donors (Lipinski definition) is 0. The van der Waals surface area contributed by atoms with E-state index in [9.17, 15) is 0 Å². The van der Waals surface area contributed by atoms with Crippen LogP contribution >= 0.6 is 0 Å². The summed E-state index contributed by atoms with van der Waals surface area (Å²) in [6.45, 7) is 2.98. The molecule has 0 heterocycles. The van der Waals surface area contributed by atoms with Crippen molar-refractivity contribution in [1.82, 2.24) is 0 Å². The van der Waals surface area contributed by atoms with Gasteiger partial charge >= 0.3 is 0 Å². The summed E-state index contributed by atoms with van der Waals surface area (Å²) in [5, 5.41) is 0. The topological polar surface area (TPSA) is 9.23 Å². The zero-order valence-electron chi connectivity index (χ0n) is 11.9. The molecule has 2 aromatic carbocycles. The molecule has 0 aliphatic heterocycles. The Morgan fingerprint density at radius 1 is 0.714 bits per heavy atom. The van der Waals surface area contributed by atoms with Crippen molar-refractivity contribution < 1.29 is 23.6 Å². The van der Waals surface area contributed by atoms with Gasteiger partial charge in [-0.25, -0.2) is 0 Å². The molecule has 120 valence electrons. The normalized spacial score (nSPS) is 8.24. The van der Waals surface area contributed by atoms with Gasteiger partial charge in [0.25, 0.3) is 0 Å². The molecule has 0 saturated heterocycles. The maximum Gasteiger partial charge on any atom is 0.119 e. The molecule has 2 aromatic rings. The van der Waals surface area contributed by atoms with Gasteiger partial charge in [-0.05, 0) is 29.7 Å². The van der Waals surface area contributed by atoms with Crippen LogP contribution in [-0.4, -0.2) is 6.61 Å². The van der Waals surface area contributed by atoms with Gasteiger partial charge in [0.1, 0.15) is 5.75 Å². The molecular formula is C16H22F4O. The minimum atomic E-state index is 0. The van der Waals surface area contributed by atoms with Crippen molar-refractivity contribution in [2.24, 2.45) is 0 Å². The van der Waals surface area contributed by atoms with E-state index in [0.717, 1.165) is 18.8 Å². The molecule has 0 unspecified atom stereocenters. The molecule has 5 heteroatoms. The van der Waals surface area contributed by atoms with E-state index < -0.39 is 0 Å². The Bertz CT molecular complexity index is 446. The molecule has 21 heavy (non-hydrogen) atoms. The highest BCUT2D eigenvalue weighted by atomic mass is 19.0. The Labute approximate surface area is 122 Å². The van der Waals surface area contributed by atoms with Crippen molar-refractivity contribution in [3.63, 3.8) is 0 Å². The van der Waals surface area contributed by atoms with Crippen molar-refractivity contribution >= 4 is 0 Å². The largest absolute Gasteiger partial charge is 0.494 e. The third-order valence-corrected chi connectivity index (χ3v) is 2.73. The molecule has 1 nitrogen and oxygen atoms in total. The first-order valence-corrected chi connectivity index (χ1v) is 6.18. The fourth-order valence-electron chi connectivity index (χ4n) is 1.71. The van der Waals surface area contributed by atoms with Gasteiger partial charge in [-0.3, -0.25) is 18.8 Å². The second kappa shape index (κ2) is 13.0. The van der Waals surface area contributed by atoms with Crippen LogP contribution in [0.15, 0.2) is 54.6 Å². The van der Waals surface area contributed by atoms with Gasteiger partial charge in [0.15, 0.2) is 0 Å². The second-order valence-corrected chi connectivity index (χ2v) is 4.09. The molecule has 0 aliphatic rings. The zero-order valence-corrected chi connectivity index (χ0v) is 11.9. The van der Waals surface area contributed by atoms with E-state index >= 15 is 0 Å². The van der Waals surface area contributed by atoms with Crippen molar-refractivity contribution in [2.45, 2.75) is 19.8 Å². The molecule has 0 bridgehead atoms. The van der Waals surface area contributed by atoms with Crippen LogP contribution in [0, 0.1) is 0 Å². The molecule has 0 N–H and O–H groups in total. The predicted molar refractivity (Wildman–Crippen MR) is 82.3 cm³/mol. The Hall–Kier alpha value is -2.04. The van der Waals surface area contributed by atoms with Gasteiger partial charge in [0.05, 0.1) is 6.61 Å². The summed E-state index contributed by atoms with van der Waals surface area (Å²) in [5.74, 6) is 0.957. The lowest BCUT2D eigenvalue weighted by Crippen LogP contribution is -1.95. The van der Waals surface area contributed by atoms with E-state index in [1.807, 2.05) is 18.2 Å². The molecule has 2 rings (SSSR count). The van der Waals surface area contributed by atoms with Crippen molar-refractivity contribution in [3.05, 3.63) is 54.6 Å². The van der Waals surface area contributed by atoms with Crippen molar-refractivity contribution in [2.75, 3.05) is 6.61 Å². The van der Waals surface area contributed by atoms with Crippen LogP contribution in [0.4, 0.5) is 18.8 Å². The van der Waals surface area contributed by atoms with Crippen LogP contribution in [0.25, 0.3) is 11.1 Å². The molecule has 0 atom stereocenters. The number of unbranched alkanes of at least 4 members (excludes halogenated alkanes) is 1. The number of benzene rings is 2. The minimum absolute atomic E-state index is 0. The van der Waals surface area contributed by atoms with Crippen molar-refractivity contribution in [1.29, 1.82) is 0 Å². The summed E-state index contributed by atoms with van der Waals surface area (Å²) in [7, 11) is 0. The summed E-state index contributed by atoms with van der Waals surface area (Å²) >= 11 is 0. The number of halogens is 4. The Balaban J connectivity index is -0.000000810. The second-order valence-electron chi connectivity index (χ2n) is 4.09. The molecule has 0 fully saturated rings. The minimum Gasteiger partial charge on any atom is -0.494 e. The van der Waals surface area contributed by atoms with E-state index in [1.54, 1.807) is 0 Å². The first kappa shape index (κ1) is 24.0. The van der Waals surface area contributed by atoms with Crippen LogP contribution in [-0.2, 0) is 0 Å². The first-order chi connectivity index (χ1) is 8.40. The predicted octanol–water partition coefficient (Wildman–Crippen LogP) is 5.14. The molecule has 0 radical (unpaired) electrons. The summed E-state index contributed by atoms with van der Waals surface area (Å²) in [5.41, 5.74) is 2.47. The summed E-state index contributed by atoms with van der Waals surface area (Å²) in [6, 6.07) is 18.7. The SMILES string of the molecule is CCCCOc1ccc(-c2ccccc2)cc1.F.F.F.F. The van der Waals surface area contributed by atoms with Crippen molar-refractivity contribution in [3.8, 4) is 16.9 Å². The van der Waals surface area contributed by atoms with Gasteiger partial charge in [0.2, 0.25) is 0 Å². The molecule has 0 spiro atoms.